The molecule has 2 heterocycles. The van der Waals surface area contributed by atoms with Crippen LogP contribution in [0.5, 0.6) is 5.75 Å². The first-order valence-electron chi connectivity index (χ1n) is 10.3. The van der Waals surface area contributed by atoms with Crippen molar-refractivity contribution >= 4 is 23.1 Å². The van der Waals surface area contributed by atoms with Crippen LogP contribution in [0, 0.1) is 20.8 Å². The number of pyridine rings is 1. The van der Waals surface area contributed by atoms with E-state index >= 15 is 0 Å². The highest BCUT2D eigenvalue weighted by Crippen LogP contribution is 2.20. The number of hydrogen-bond acceptors (Lipinski definition) is 4. The summed E-state index contributed by atoms with van der Waals surface area (Å²) in [6, 6.07) is 17.7. The number of nitrogens with zero attached hydrogens (tertiary/aromatic N) is 2. The van der Waals surface area contributed by atoms with Crippen LogP contribution in [-0.4, -0.2) is 15.4 Å². The third kappa shape index (κ3) is 4.62. The topological polar surface area (TPSA) is 84.7 Å². The second kappa shape index (κ2) is 8.93. The Morgan fingerprint density at radius 2 is 1.72 bits per heavy atom. The van der Waals surface area contributed by atoms with Gasteiger partial charge < -0.3 is 15.4 Å². The van der Waals surface area contributed by atoms with E-state index in [2.05, 4.69) is 15.6 Å². The smallest absolute Gasteiger partial charge is 0.323 e. The van der Waals surface area contributed by atoms with Crippen LogP contribution in [0.15, 0.2) is 71.7 Å². The quantitative estimate of drug-likeness (QED) is 0.476. The van der Waals surface area contributed by atoms with E-state index in [-0.39, 0.29) is 18.2 Å². The van der Waals surface area contributed by atoms with Gasteiger partial charge in [-0.15, -0.1) is 0 Å². The lowest BCUT2D eigenvalue weighted by Crippen LogP contribution is -2.20. The summed E-state index contributed by atoms with van der Waals surface area (Å²) >= 11 is 0. The maximum atomic E-state index is 12.3. The molecule has 32 heavy (non-hydrogen) atoms. The Morgan fingerprint density at radius 1 is 0.969 bits per heavy atom. The molecule has 4 rings (SSSR count). The van der Waals surface area contributed by atoms with Gasteiger partial charge in [0, 0.05) is 23.6 Å². The maximum absolute atomic E-state index is 12.3. The lowest BCUT2D eigenvalue weighted by Gasteiger charge is -2.12. The largest absolute Gasteiger partial charge is 0.487 e. The summed E-state index contributed by atoms with van der Waals surface area (Å²) in [7, 11) is 0. The van der Waals surface area contributed by atoms with Crippen molar-refractivity contribution in [1.82, 2.24) is 9.38 Å². The third-order valence-corrected chi connectivity index (χ3v) is 5.29. The fourth-order valence-electron chi connectivity index (χ4n) is 3.35. The molecule has 4 aromatic rings. The number of benzene rings is 2. The lowest BCUT2D eigenvalue weighted by atomic mass is 10.1. The number of amides is 2. The zero-order valence-corrected chi connectivity index (χ0v) is 18.2. The van der Waals surface area contributed by atoms with Crippen LogP contribution in [0.3, 0.4) is 0 Å². The number of urea groups is 1. The van der Waals surface area contributed by atoms with E-state index in [1.807, 2.05) is 51.1 Å². The van der Waals surface area contributed by atoms with Crippen LogP contribution in [-0.2, 0) is 6.61 Å². The van der Waals surface area contributed by atoms with Crippen LogP contribution in [0.25, 0.3) is 5.65 Å². The van der Waals surface area contributed by atoms with Crippen molar-refractivity contribution in [2.75, 3.05) is 10.6 Å². The molecular weight excluding hydrogens is 404 g/mol. The zero-order valence-electron chi connectivity index (χ0n) is 18.2. The van der Waals surface area contributed by atoms with Gasteiger partial charge in [0.05, 0.1) is 5.69 Å². The molecule has 0 aliphatic heterocycles. The summed E-state index contributed by atoms with van der Waals surface area (Å²) in [5.74, 6) is 0.609. The normalized spacial score (nSPS) is 10.7. The van der Waals surface area contributed by atoms with Gasteiger partial charge in [-0.1, -0.05) is 18.2 Å². The average molecular weight is 428 g/mol. The van der Waals surface area contributed by atoms with Crippen LogP contribution in [0.1, 0.15) is 22.4 Å². The molecule has 7 heteroatoms. The van der Waals surface area contributed by atoms with E-state index in [1.165, 1.54) is 10.5 Å². The Bertz CT molecular complexity index is 1340. The summed E-state index contributed by atoms with van der Waals surface area (Å²) in [6.07, 6.45) is 1.70. The number of carbonyl (C=O) groups excluding carboxylic acids is 1. The Morgan fingerprint density at radius 3 is 2.50 bits per heavy atom. The predicted octanol–water partition coefficient (Wildman–Crippen LogP) is 4.84. The Labute approximate surface area is 185 Å². The first-order chi connectivity index (χ1) is 15.4. The van der Waals surface area contributed by atoms with Crippen molar-refractivity contribution < 1.29 is 9.53 Å². The molecular formula is C25H24N4O3. The number of aromatic nitrogens is 2. The molecule has 2 N–H and O–H groups in total. The predicted molar refractivity (Wildman–Crippen MR) is 126 cm³/mol. The number of anilines is 2. The standard InChI is InChI=1S/C25H24N4O3/c1-16-6-4-8-22(18(16)3)28-25(31)27-19-9-11-21(12-10-19)32-15-20-14-23(30)29-13-5-7-17(2)24(29)26-20/h4-14H,15H2,1-3H3,(H2,27,28,31). The van der Waals surface area contributed by atoms with Gasteiger partial charge in [0.15, 0.2) is 0 Å². The molecule has 2 aromatic carbocycles. The van der Waals surface area contributed by atoms with Crippen LogP contribution >= 0.6 is 0 Å². The number of hydrogen-bond donors (Lipinski definition) is 2. The molecule has 0 spiro atoms. The zero-order chi connectivity index (χ0) is 22.7. The highest BCUT2D eigenvalue weighted by molar-refractivity contribution is 6.00. The van der Waals surface area contributed by atoms with Gasteiger partial charge in [-0.25, -0.2) is 9.78 Å². The van der Waals surface area contributed by atoms with E-state index < -0.39 is 0 Å². The van der Waals surface area contributed by atoms with Gasteiger partial charge in [-0.2, -0.15) is 0 Å². The summed E-state index contributed by atoms with van der Waals surface area (Å²) in [5.41, 5.74) is 5.50. The van der Waals surface area contributed by atoms with Crippen molar-refractivity contribution in [1.29, 1.82) is 0 Å². The molecule has 0 unspecified atom stereocenters. The van der Waals surface area contributed by atoms with Crippen molar-refractivity contribution in [2.24, 2.45) is 0 Å². The molecule has 0 atom stereocenters. The first-order valence-corrected chi connectivity index (χ1v) is 10.3. The number of fused-ring (bicyclic) bond motifs is 1. The summed E-state index contributed by atoms with van der Waals surface area (Å²) in [4.78, 5) is 29.1. The minimum atomic E-state index is -0.316. The second-order valence-corrected chi connectivity index (χ2v) is 7.61. The van der Waals surface area contributed by atoms with Gasteiger partial charge in [0.25, 0.3) is 5.56 Å². The average Bonchev–Trinajstić information content (AvgIpc) is 2.77. The van der Waals surface area contributed by atoms with Gasteiger partial charge >= 0.3 is 6.03 Å². The highest BCUT2D eigenvalue weighted by Gasteiger charge is 2.08. The molecule has 7 nitrogen and oxygen atoms in total. The number of carbonyl (C=O) groups is 1. The van der Waals surface area contributed by atoms with Gasteiger partial charge in [0.1, 0.15) is 18.0 Å². The summed E-state index contributed by atoms with van der Waals surface area (Å²) in [5, 5.41) is 5.67. The molecule has 0 aliphatic rings. The van der Waals surface area contributed by atoms with Crippen LogP contribution in [0.2, 0.25) is 0 Å². The fraction of sp³-hybridized carbons (Fsp3) is 0.160. The minimum Gasteiger partial charge on any atom is -0.487 e. The lowest BCUT2D eigenvalue weighted by molar-refractivity contribution is 0.262. The minimum absolute atomic E-state index is 0.147. The molecule has 0 radical (unpaired) electrons. The number of nitrogens with one attached hydrogen (secondary N) is 2. The van der Waals surface area contributed by atoms with E-state index in [9.17, 15) is 9.59 Å². The number of rotatable bonds is 5. The van der Waals surface area contributed by atoms with E-state index in [4.69, 9.17) is 4.74 Å². The molecule has 162 valence electrons. The molecule has 0 saturated carbocycles. The molecule has 0 bridgehead atoms. The molecule has 0 aliphatic carbocycles. The monoisotopic (exact) mass is 428 g/mol. The molecule has 2 aromatic heterocycles. The second-order valence-electron chi connectivity index (χ2n) is 7.61. The molecule has 0 fully saturated rings. The van der Waals surface area contributed by atoms with Gasteiger partial charge in [0.2, 0.25) is 0 Å². The third-order valence-electron chi connectivity index (χ3n) is 5.29. The summed E-state index contributed by atoms with van der Waals surface area (Å²) < 4.78 is 7.30. The first kappa shape index (κ1) is 21.1. The van der Waals surface area contributed by atoms with Gasteiger partial charge in [-0.05, 0) is 73.9 Å². The van der Waals surface area contributed by atoms with Crippen molar-refractivity contribution in [2.45, 2.75) is 27.4 Å². The number of aryl methyl sites for hydroxylation is 2. The Hall–Kier alpha value is -4.13. The van der Waals surface area contributed by atoms with Crippen molar-refractivity contribution in [3.8, 4) is 5.75 Å². The Balaban J connectivity index is 1.38. The van der Waals surface area contributed by atoms with Gasteiger partial charge in [-0.3, -0.25) is 9.20 Å². The molecule has 2 amide bonds. The van der Waals surface area contributed by atoms with Crippen molar-refractivity contribution in [3.05, 3.63) is 99.6 Å². The maximum Gasteiger partial charge on any atom is 0.323 e. The Kier molecular flexibility index (Phi) is 5.89. The number of ether oxygens (including phenoxy) is 1. The SMILES string of the molecule is Cc1cccc(NC(=O)Nc2ccc(OCc3cc(=O)n4cccc(C)c4n3)cc2)c1C. The molecule has 0 saturated heterocycles. The fourth-order valence-corrected chi connectivity index (χ4v) is 3.35. The van der Waals surface area contributed by atoms with E-state index in [0.29, 0.717) is 22.8 Å². The highest BCUT2D eigenvalue weighted by atomic mass is 16.5. The van der Waals surface area contributed by atoms with E-state index in [0.717, 1.165) is 22.4 Å². The van der Waals surface area contributed by atoms with Crippen molar-refractivity contribution in [3.63, 3.8) is 0 Å². The summed E-state index contributed by atoms with van der Waals surface area (Å²) in [6.45, 7) is 6.05. The van der Waals surface area contributed by atoms with E-state index in [1.54, 1.807) is 30.5 Å². The van der Waals surface area contributed by atoms with Crippen LogP contribution in [0.4, 0.5) is 16.2 Å². The van der Waals surface area contributed by atoms with Crippen LogP contribution < -0.4 is 20.9 Å².